The molecule has 2 heterocycles. The lowest BCUT2D eigenvalue weighted by Crippen LogP contribution is -2.29. The molecule has 1 aliphatic rings. The molecule has 1 amide bonds. The average molecular weight is 488 g/mol. The molecule has 4 rings (SSSR count). The smallest absolute Gasteiger partial charge is 0.256 e. The number of hydrogen-bond donors (Lipinski definition) is 1. The van der Waals surface area contributed by atoms with Crippen LogP contribution in [0.25, 0.3) is 0 Å². The van der Waals surface area contributed by atoms with Crippen LogP contribution >= 0.6 is 23.7 Å². The Balaban J connectivity index is 0.00000289. The number of amides is 1. The van der Waals surface area contributed by atoms with E-state index in [1.165, 1.54) is 35.1 Å². The molecule has 0 unspecified atom stereocenters. The van der Waals surface area contributed by atoms with Gasteiger partial charge in [-0.1, -0.05) is 36.4 Å². The second-order valence-corrected chi connectivity index (χ2v) is 10.6. The van der Waals surface area contributed by atoms with Crippen molar-refractivity contribution in [2.75, 3.05) is 18.1 Å². The number of thiophene rings is 1. The van der Waals surface area contributed by atoms with Crippen molar-refractivity contribution in [3.63, 3.8) is 0 Å². The minimum Gasteiger partial charge on any atom is -0.312 e. The number of carbonyl (C=O) groups is 1. The third-order valence-electron chi connectivity index (χ3n) is 5.25. The fourth-order valence-electron chi connectivity index (χ4n) is 3.68. The monoisotopic (exact) mass is 487 g/mol. The number of nitrogens with zero attached hydrogens (tertiary/aromatic N) is 2. The highest BCUT2D eigenvalue weighted by molar-refractivity contribution is 7.90. The Bertz CT molecular complexity index is 1280. The molecule has 6 nitrogen and oxygen atoms in total. The van der Waals surface area contributed by atoms with E-state index in [1.807, 2.05) is 18.2 Å². The third-order valence-corrected chi connectivity index (χ3v) is 7.49. The van der Waals surface area contributed by atoms with Gasteiger partial charge in [-0.25, -0.2) is 8.42 Å². The van der Waals surface area contributed by atoms with Crippen molar-refractivity contribution in [2.45, 2.75) is 24.4 Å². The van der Waals surface area contributed by atoms with Gasteiger partial charge in [0.1, 0.15) is 11.1 Å². The number of nitrogens with one attached hydrogen (secondary N) is 1. The maximum atomic E-state index is 12.8. The molecule has 0 radical (unpaired) electrons. The molecule has 1 aromatic heterocycles. The number of benzene rings is 2. The highest BCUT2D eigenvalue weighted by Gasteiger charge is 2.25. The van der Waals surface area contributed by atoms with E-state index in [1.54, 1.807) is 6.07 Å². The van der Waals surface area contributed by atoms with Crippen LogP contribution in [0.5, 0.6) is 0 Å². The molecule has 1 aliphatic heterocycles. The summed E-state index contributed by atoms with van der Waals surface area (Å²) in [5.74, 6) is -0.429. The SMILES string of the molecule is CS(=O)(=O)c1cccc(C(=O)Nc2sc3c(c2C#N)CCN(Cc2ccccc2)C3)c1.Cl. The van der Waals surface area contributed by atoms with Crippen LogP contribution in [-0.4, -0.2) is 32.0 Å². The van der Waals surface area contributed by atoms with E-state index in [9.17, 15) is 18.5 Å². The predicted octanol–water partition coefficient (Wildman–Crippen LogP) is 4.26. The zero-order valence-corrected chi connectivity index (χ0v) is 19.8. The lowest BCUT2D eigenvalue weighted by Gasteiger charge is -2.26. The molecule has 32 heavy (non-hydrogen) atoms. The fraction of sp³-hybridized carbons (Fsp3) is 0.217. The van der Waals surface area contributed by atoms with E-state index in [4.69, 9.17) is 0 Å². The largest absolute Gasteiger partial charge is 0.312 e. The first kappa shape index (κ1) is 24.0. The van der Waals surface area contributed by atoms with Crippen molar-refractivity contribution in [1.82, 2.24) is 4.90 Å². The molecule has 3 aromatic rings. The van der Waals surface area contributed by atoms with Gasteiger partial charge in [0.05, 0.1) is 10.5 Å². The quantitative estimate of drug-likeness (QED) is 0.580. The van der Waals surface area contributed by atoms with Crippen molar-refractivity contribution in [3.05, 3.63) is 81.7 Å². The number of fused-ring (bicyclic) bond motifs is 1. The van der Waals surface area contributed by atoms with Gasteiger partial charge in [-0.15, -0.1) is 23.7 Å². The summed E-state index contributed by atoms with van der Waals surface area (Å²) < 4.78 is 23.6. The molecule has 0 saturated carbocycles. The Morgan fingerprint density at radius 2 is 1.94 bits per heavy atom. The van der Waals surface area contributed by atoms with Gasteiger partial charge in [-0.2, -0.15) is 5.26 Å². The Kier molecular flexibility index (Phi) is 7.36. The first-order chi connectivity index (χ1) is 14.8. The topological polar surface area (TPSA) is 90.3 Å². The summed E-state index contributed by atoms with van der Waals surface area (Å²) in [7, 11) is -3.41. The molecule has 9 heteroatoms. The Labute approximate surface area is 197 Å². The highest BCUT2D eigenvalue weighted by Crippen LogP contribution is 2.37. The minimum absolute atomic E-state index is 0. The second kappa shape index (κ2) is 9.84. The number of sulfone groups is 1. The summed E-state index contributed by atoms with van der Waals surface area (Å²) in [5.41, 5.74) is 2.98. The molecule has 1 N–H and O–H groups in total. The van der Waals surface area contributed by atoms with Crippen LogP contribution in [0.3, 0.4) is 0 Å². The molecular weight excluding hydrogens is 466 g/mol. The van der Waals surface area contributed by atoms with Gasteiger partial charge in [0, 0.05) is 36.3 Å². The summed E-state index contributed by atoms with van der Waals surface area (Å²) in [6.45, 7) is 2.40. The first-order valence-electron chi connectivity index (χ1n) is 9.77. The van der Waals surface area contributed by atoms with Crippen LogP contribution in [0.1, 0.15) is 31.9 Å². The van der Waals surface area contributed by atoms with E-state index in [0.29, 0.717) is 10.6 Å². The molecular formula is C23H22ClN3O3S2. The second-order valence-electron chi connectivity index (χ2n) is 7.52. The average Bonchev–Trinajstić information content (AvgIpc) is 3.10. The van der Waals surface area contributed by atoms with Gasteiger partial charge in [0.25, 0.3) is 5.91 Å². The minimum atomic E-state index is -3.41. The van der Waals surface area contributed by atoms with Gasteiger partial charge in [-0.05, 0) is 35.7 Å². The Morgan fingerprint density at radius 1 is 1.19 bits per heavy atom. The van der Waals surface area contributed by atoms with Crippen molar-refractivity contribution in [1.29, 1.82) is 5.26 Å². The van der Waals surface area contributed by atoms with Crippen LogP contribution in [0.4, 0.5) is 5.00 Å². The fourth-order valence-corrected chi connectivity index (χ4v) is 5.58. The van der Waals surface area contributed by atoms with Gasteiger partial charge >= 0.3 is 0 Å². The molecule has 2 aromatic carbocycles. The van der Waals surface area contributed by atoms with Gasteiger partial charge in [0.2, 0.25) is 0 Å². The molecule has 0 atom stereocenters. The van der Waals surface area contributed by atoms with Crippen molar-refractivity contribution >= 4 is 44.5 Å². The number of hydrogen-bond acceptors (Lipinski definition) is 6. The van der Waals surface area contributed by atoms with E-state index in [0.717, 1.165) is 42.8 Å². The van der Waals surface area contributed by atoms with E-state index in [-0.39, 0.29) is 22.9 Å². The van der Waals surface area contributed by atoms with Crippen LogP contribution in [-0.2, 0) is 29.3 Å². The summed E-state index contributed by atoms with van der Waals surface area (Å²) in [5, 5.41) is 13.1. The summed E-state index contributed by atoms with van der Waals surface area (Å²) in [6.07, 6.45) is 1.85. The van der Waals surface area contributed by atoms with Gasteiger partial charge in [-0.3, -0.25) is 9.69 Å². The number of rotatable bonds is 5. The zero-order chi connectivity index (χ0) is 22.0. The number of halogens is 1. The Morgan fingerprint density at radius 3 is 2.62 bits per heavy atom. The van der Waals surface area contributed by atoms with Crippen LogP contribution in [0.2, 0.25) is 0 Å². The maximum absolute atomic E-state index is 12.8. The molecule has 0 spiro atoms. The number of anilines is 1. The first-order valence-corrected chi connectivity index (χ1v) is 12.5. The van der Waals surface area contributed by atoms with E-state index in [2.05, 4.69) is 28.4 Å². The lowest BCUT2D eigenvalue weighted by molar-refractivity contribution is 0.102. The zero-order valence-electron chi connectivity index (χ0n) is 17.4. The highest BCUT2D eigenvalue weighted by atomic mass is 35.5. The maximum Gasteiger partial charge on any atom is 0.256 e. The van der Waals surface area contributed by atoms with Crippen molar-refractivity contribution < 1.29 is 13.2 Å². The molecule has 0 saturated heterocycles. The third kappa shape index (κ3) is 5.19. The number of carbonyl (C=O) groups excluding carboxylic acids is 1. The van der Waals surface area contributed by atoms with Crippen LogP contribution in [0, 0.1) is 11.3 Å². The molecule has 0 bridgehead atoms. The summed E-state index contributed by atoms with van der Waals surface area (Å²) in [6, 6.07) is 18.4. The Hall–Kier alpha value is -2.70. The predicted molar refractivity (Wildman–Crippen MR) is 128 cm³/mol. The van der Waals surface area contributed by atoms with Crippen LogP contribution < -0.4 is 5.32 Å². The van der Waals surface area contributed by atoms with Crippen molar-refractivity contribution in [2.24, 2.45) is 0 Å². The lowest BCUT2D eigenvalue weighted by atomic mass is 10.0. The molecule has 166 valence electrons. The standard InChI is InChI=1S/C23H21N3O3S2.ClH/c1-31(28,29)18-9-5-8-17(12-18)22(27)25-23-20(13-24)19-10-11-26(15-21(19)30-23)14-16-6-3-2-4-7-16;/h2-9,12H,10-11,14-15H2,1H3,(H,25,27);1H. The van der Waals surface area contributed by atoms with Crippen LogP contribution in [0.15, 0.2) is 59.5 Å². The normalized spacial score (nSPS) is 13.5. The van der Waals surface area contributed by atoms with E-state index < -0.39 is 15.7 Å². The van der Waals surface area contributed by atoms with Crippen molar-refractivity contribution in [3.8, 4) is 6.07 Å². The number of nitriles is 1. The molecule has 0 fully saturated rings. The van der Waals surface area contributed by atoms with E-state index >= 15 is 0 Å². The van der Waals surface area contributed by atoms with Gasteiger partial charge in [0.15, 0.2) is 9.84 Å². The van der Waals surface area contributed by atoms with Gasteiger partial charge < -0.3 is 5.32 Å². The summed E-state index contributed by atoms with van der Waals surface area (Å²) in [4.78, 5) is 16.3. The molecule has 0 aliphatic carbocycles. The summed E-state index contributed by atoms with van der Waals surface area (Å²) >= 11 is 1.42.